The number of carbonyl (C=O) groups excluding carboxylic acids is 1. The molecule has 2 N–H and O–H groups in total. The van der Waals surface area contributed by atoms with Gasteiger partial charge in [0, 0.05) is 12.2 Å². The molecule has 0 aromatic heterocycles. The van der Waals surface area contributed by atoms with E-state index in [-0.39, 0.29) is 4.90 Å². The Morgan fingerprint density at radius 3 is 2.20 bits per heavy atom. The number of benzene rings is 2. The molecule has 0 unspecified atom stereocenters. The van der Waals surface area contributed by atoms with Crippen LogP contribution in [0.4, 0.5) is 10.5 Å². The van der Waals surface area contributed by atoms with E-state index in [1.807, 2.05) is 32.0 Å². The third kappa shape index (κ3) is 4.23. The number of urea groups is 1. The van der Waals surface area contributed by atoms with E-state index >= 15 is 0 Å². The topological polar surface area (TPSA) is 78.5 Å². The Kier molecular flexibility index (Phi) is 5.59. The largest absolute Gasteiger partial charge is 0.333 e. The predicted octanol–water partition coefficient (Wildman–Crippen LogP) is 3.54. The third-order valence-corrected chi connectivity index (χ3v) is 7.17. The van der Waals surface area contributed by atoms with Crippen molar-refractivity contribution in [3.8, 4) is 0 Å². The number of aryl methyl sites for hydroxylation is 3. The lowest BCUT2D eigenvalue weighted by Gasteiger charge is -2.17. The van der Waals surface area contributed by atoms with Crippen molar-refractivity contribution in [3.63, 3.8) is 0 Å². The third-order valence-electron chi connectivity index (χ3n) is 5.86. The number of hydrogen-bond acceptors (Lipinski definition) is 4. The van der Waals surface area contributed by atoms with Gasteiger partial charge in [-0.2, -0.15) is 0 Å². The van der Waals surface area contributed by atoms with Gasteiger partial charge in [0.2, 0.25) is 0 Å². The molecule has 0 bridgehead atoms. The fourth-order valence-corrected chi connectivity index (χ4v) is 5.78. The standard InChI is InChI=1S/C23H29N3O3S/c1-15-10-16(14-26(2)3)12-19(11-15)30(28,29)25-23(27)24-22-20-8-4-6-17(20)13-18-7-5-9-21(18)22/h10-13H,4-9,14H2,1-3H3,(H2,24,25,27). The lowest BCUT2D eigenvalue weighted by molar-refractivity contribution is 0.256. The van der Waals surface area contributed by atoms with Crippen LogP contribution < -0.4 is 10.0 Å². The van der Waals surface area contributed by atoms with Crippen molar-refractivity contribution in [3.05, 3.63) is 57.6 Å². The van der Waals surface area contributed by atoms with E-state index in [2.05, 4.69) is 16.1 Å². The molecule has 0 fully saturated rings. The molecule has 0 heterocycles. The van der Waals surface area contributed by atoms with Gasteiger partial charge in [-0.15, -0.1) is 0 Å². The van der Waals surface area contributed by atoms with Gasteiger partial charge < -0.3 is 10.2 Å². The molecule has 30 heavy (non-hydrogen) atoms. The highest BCUT2D eigenvalue weighted by molar-refractivity contribution is 7.90. The van der Waals surface area contributed by atoms with E-state index in [1.54, 1.807) is 12.1 Å². The van der Waals surface area contributed by atoms with Gasteiger partial charge in [-0.25, -0.2) is 17.9 Å². The Balaban J connectivity index is 1.58. The van der Waals surface area contributed by atoms with E-state index in [4.69, 9.17) is 0 Å². The first kappa shape index (κ1) is 20.9. The van der Waals surface area contributed by atoms with Crippen molar-refractivity contribution in [1.82, 2.24) is 9.62 Å². The molecule has 0 saturated carbocycles. The lowest BCUT2D eigenvalue weighted by Crippen LogP contribution is -2.35. The molecule has 7 heteroatoms. The van der Waals surface area contributed by atoms with Gasteiger partial charge in [-0.1, -0.05) is 12.1 Å². The smallest absolute Gasteiger partial charge is 0.307 e. The van der Waals surface area contributed by atoms with Crippen LogP contribution in [0.25, 0.3) is 0 Å². The highest BCUT2D eigenvalue weighted by atomic mass is 32.2. The van der Waals surface area contributed by atoms with Crippen molar-refractivity contribution < 1.29 is 13.2 Å². The van der Waals surface area contributed by atoms with E-state index < -0.39 is 16.1 Å². The molecule has 6 nitrogen and oxygen atoms in total. The number of anilines is 1. The number of fused-ring (bicyclic) bond motifs is 2. The Morgan fingerprint density at radius 2 is 1.60 bits per heavy atom. The zero-order valence-corrected chi connectivity index (χ0v) is 18.7. The number of amides is 2. The maximum absolute atomic E-state index is 12.9. The zero-order chi connectivity index (χ0) is 21.5. The number of nitrogens with zero attached hydrogens (tertiary/aromatic N) is 1. The molecular formula is C23H29N3O3S. The lowest BCUT2D eigenvalue weighted by atomic mass is 9.99. The van der Waals surface area contributed by atoms with Crippen LogP contribution in [0.3, 0.4) is 0 Å². The van der Waals surface area contributed by atoms with Crippen LogP contribution >= 0.6 is 0 Å². The number of carbonyl (C=O) groups is 1. The summed E-state index contributed by atoms with van der Waals surface area (Å²) in [4.78, 5) is 14.8. The second-order valence-electron chi connectivity index (χ2n) is 8.69. The summed E-state index contributed by atoms with van der Waals surface area (Å²) in [7, 11) is -0.110. The van der Waals surface area contributed by atoms with Gasteiger partial charge >= 0.3 is 6.03 Å². The Hall–Kier alpha value is -2.38. The summed E-state index contributed by atoms with van der Waals surface area (Å²) in [5.74, 6) is 0. The molecule has 4 rings (SSSR count). The van der Waals surface area contributed by atoms with Gasteiger partial charge in [-0.05, 0) is 105 Å². The molecule has 0 radical (unpaired) electrons. The van der Waals surface area contributed by atoms with Crippen molar-refractivity contribution in [2.45, 2.75) is 56.9 Å². The molecule has 2 aromatic carbocycles. The van der Waals surface area contributed by atoms with Gasteiger partial charge in [0.25, 0.3) is 10.0 Å². The number of sulfonamides is 1. The minimum atomic E-state index is -3.97. The van der Waals surface area contributed by atoms with Gasteiger partial charge in [0.1, 0.15) is 0 Å². The summed E-state index contributed by atoms with van der Waals surface area (Å²) < 4.78 is 28.0. The monoisotopic (exact) mass is 427 g/mol. The van der Waals surface area contributed by atoms with E-state index in [0.717, 1.165) is 55.3 Å². The maximum atomic E-state index is 12.9. The van der Waals surface area contributed by atoms with E-state index in [0.29, 0.717) is 6.54 Å². The van der Waals surface area contributed by atoms with Crippen molar-refractivity contribution in [2.24, 2.45) is 0 Å². The summed E-state index contributed by atoms with van der Waals surface area (Å²) in [6.45, 7) is 2.48. The minimum absolute atomic E-state index is 0.109. The van der Waals surface area contributed by atoms with Crippen LogP contribution in [0, 0.1) is 6.92 Å². The van der Waals surface area contributed by atoms with E-state index in [1.165, 1.54) is 22.3 Å². The van der Waals surface area contributed by atoms with Crippen LogP contribution in [-0.4, -0.2) is 33.4 Å². The fraction of sp³-hybridized carbons (Fsp3) is 0.435. The average Bonchev–Trinajstić information content (AvgIpc) is 3.29. The maximum Gasteiger partial charge on any atom is 0.333 e. The number of rotatable bonds is 5. The zero-order valence-electron chi connectivity index (χ0n) is 17.8. The highest BCUT2D eigenvalue weighted by Gasteiger charge is 2.26. The quantitative estimate of drug-likeness (QED) is 0.765. The summed E-state index contributed by atoms with van der Waals surface area (Å²) in [6.07, 6.45) is 6.05. The summed E-state index contributed by atoms with van der Waals surface area (Å²) in [6, 6.07) is 6.76. The molecule has 2 aliphatic rings. The van der Waals surface area contributed by atoms with Crippen molar-refractivity contribution in [2.75, 3.05) is 19.4 Å². The average molecular weight is 428 g/mol. The molecule has 0 aliphatic heterocycles. The molecule has 2 aromatic rings. The second kappa shape index (κ2) is 8.04. The Morgan fingerprint density at radius 1 is 0.967 bits per heavy atom. The van der Waals surface area contributed by atoms with Gasteiger partial charge in [0.15, 0.2) is 0 Å². The van der Waals surface area contributed by atoms with Gasteiger partial charge in [0.05, 0.1) is 4.90 Å². The van der Waals surface area contributed by atoms with Crippen LogP contribution in [0.2, 0.25) is 0 Å². The van der Waals surface area contributed by atoms with E-state index in [9.17, 15) is 13.2 Å². The summed E-state index contributed by atoms with van der Waals surface area (Å²) in [5, 5.41) is 2.89. The highest BCUT2D eigenvalue weighted by Crippen LogP contribution is 2.38. The molecule has 0 atom stereocenters. The normalized spacial score (nSPS) is 15.2. The molecular weight excluding hydrogens is 398 g/mol. The minimum Gasteiger partial charge on any atom is -0.307 e. The van der Waals surface area contributed by atoms with Crippen LogP contribution in [-0.2, 0) is 42.3 Å². The van der Waals surface area contributed by atoms with Crippen LogP contribution in [0.5, 0.6) is 0 Å². The van der Waals surface area contributed by atoms with Gasteiger partial charge in [-0.3, -0.25) is 0 Å². The molecule has 2 aliphatic carbocycles. The molecule has 160 valence electrons. The molecule has 0 spiro atoms. The first-order valence-corrected chi connectivity index (χ1v) is 12.0. The van der Waals surface area contributed by atoms with Crippen molar-refractivity contribution in [1.29, 1.82) is 0 Å². The number of hydrogen-bond donors (Lipinski definition) is 2. The Labute approximate surface area is 178 Å². The first-order valence-electron chi connectivity index (χ1n) is 10.5. The SMILES string of the molecule is Cc1cc(CN(C)C)cc(S(=O)(=O)NC(=O)Nc2c3c(cc4c2CCC4)CCC3)c1. The Bertz CT molecular complexity index is 1070. The summed E-state index contributed by atoms with van der Waals surface area (Å²) >= 11 is 0. The second-order valence-corrected chi connectivity index (χ2v) is 10.4. The summed E-state index contributed by atoms with van der Waals surface area (Å²) in [5.41, 5.74) is 7.50. The van der Waals surface area contributed by atoms with Crippen LogP contribution in [0.1, 0.15) is 46.2 Å². The van der Waals surface area contributed by atoms with Crippen LogP contribution in [0.15, 0.2) is 29.2 Å². The predicted molar refractivity (Wildman–Crippen MR) is 118 cm³/mol. The number of nitrogens with one attached hydrogen (secondary N) is 2. The van der Waals surface area contributed by atoms with Crippen molar-refractivity contribution >= 4 is 21.7 Å². The molecule has 2 amide bonds. The fourth-order valence-electron chi connectivity index (χ4n) is 4.72. The molecule has 0 saturated heterocycles. The first-order chi connectivity index (χ1) is 14.2.